The van der Waals surface area contributed by atoms with Gasteiger partial charge in [0.25, 0.3) is 0 Å². The third kappa shape index (κ3) is 3.29. The molecule has 0 saturated heterocycles. The van der Waals surface area contributed by atoms with Gasteiger partial charge in [-0.05, 0) is 24.7 Å². The van der Waals surface area contributed by atoms with E-state index in [0.717, 1.165) is 18.8 Å². The smallest absolute Gasteiger partial charge is 0.138 e. The van der Waals surface area contributed by atoms with Gasteiger partial charge in [0.2, 0.25) is 0 Å². The fourth-order valence-electron chi connectivity index (χ4n) is 2.41. The summed E-state index contributed by atoms with van der Waals surface area (Å²) in [5, 5.41) is 4.26. The predicted octanol–water partition coefficient (Wildman–Crippen LogP) is 1.23. The Morgan fingerprint density at radius 1 is 1.50 bits per heavy atom. The molecule has 1 saturated carbocycles. The standard InChI is InChI=1S/C13H24N4O/c1-9(2)7-17-12(15-8-16-17)6-11(14)13(18-3)10-4-5-10/h8-11,13H,4-7,14H2,1-3H3. The van der Waals surface area contributed by atoms with Crippen LogP contribution in [0.1, 0.15) is 32.5 Å². The van der Waals surface area contributed by atoms with Gasteiger partial charge in [-0.1, -0.05) is 13.8 Å². The Balaban J connectivity index is 1.97. The lowest BCUT2D eigenvalue weighted by atomic mass is 10.0. The predicted molar refractivity (Wildman–Crippen MR) is 70.1 cm³/mol. The largest absolute Gasteiger partial charge is 0.380 e. The molecule has 0 bridgehead atoms. The molecule has 0 amide bonds. The second-order valence-electron chi connectivity index (χ2n) is 5.66. The van der Waals surface area contributed by atoms with Gasteiger partial charge < -0.3 is 10.5 Å². The van der Waals surface area contributed by atoms with Crippen LogP contribution in [-0.2, 0) is 17.7 Å². The van der Waals surface area contributed by atoms with Crippen LogP contribution in [0.15, 0.2) is 6.33 Å². The summed E-state index contributed by atoms with van der Waals surface area (Å²) in [6, 6.07) is 0.0117. The quantitative estimate of drug-likeness (QED) is 0.792. The van der Waals surface area contributed by atoms with Crippen LogP contribution in [0, 0.1) is 11.8 Å². The summed E-state index contributed by atoms with van der Waals surface area (Å²) in [5.74, 6) is 2.17. The van der Waals surface area contributed by atoms with Gasteiger partial charge in [0.1, 0.15) is 12.2 Å². The highest BCUT2D eigenvalue weighted by Gasteiger charge is 2.35. The van der Waals surface area contributed by atoms with Gasteiger partial charge in [0, 0.05) is 26.1 Å². The third-order valence-corrected chi connectivity index (χ3v) is 3.43. The molecular weight excluding hydrogens is 228 g/mol. The second-order valence-corrected chi connectivity index (χ2v) is 5.66. The molecule has 2 atom stereocenters. The molecule has 1 heterocycles. The fourth-order valence-corrected chi connectivity index (χ4v) is 2.41. The van der Waals surface area contributed by atoms with E-state index in [2.05, 4.69) is 23.9 Å². The van der Waals surface area contributed by atoms with E-state index in [1.165, 1.54) is 12.8 Å². The van der Waals surface area contributed by atoms with E-state index in [1.807, 2.05) is 4.68 Å². The van der Waals surface area contributed by atoms with Crippen LogP contribution < -0.4 is 5.73 Å². The van der Waals surface area contributed by atoms with Crippen molar-refractivity contribution in [3.63, 3.8) is 0 Å². The molecule has 5 heteroatoms. The maximum absolute atomic E-state index is 6.25. The Morgan fingerprint density at radius 2 is 2.22 bits per heavy atom. The van der Waals surface area contributed by atoms with Crippen LogP contribution >= 0.6 is 0 Å². The van der Waals surface area contributed by atoms with Crippen molar-refractivity contribution in [2.45, 2.75) is 51.8 Å². The molecule has 0 aromatic carbocycles. The molecule has 1 aliphatic carbocycles. The highest BCUT2D eigenvalue weighted by molar-refractivity contribution is 4.96. The van der Waals surface area contributed by atoms with Crippen LogP contribution in [0.5, 0.6) is 0 Å². The first-order valence-electron chi connectivity index (χ1n) is 6.77. The topological polar surface area (TPSA) is 66.0 Å². The average molecular weight is 252 g/mol. The van der Waals surface area contributed by atoms with Gasteiger partial charge in [-0.2, -0.15) is 5.10 Å². The lowest BCUT2D eigenvalue weighted by Gasteiger charge is -2.22. The SMILES string of the molecule is COC(C(N)Cc1ncnn1CC(C)C)C1CC1. The highest BCUT2D eigenvalue weighted by Crippen LogP contribution is 2.35. The fraction of sp³-hybridized carbons (Fsp3) is 0.846. The maximum Gasteiger partial charge on any atom is 0.138 e. The van der Waals surface area contributed by atoms with E-state index in [1.54, 1.807) is 13.4 Å². The number of rotatable bonds is 7. The minimum atomic E-state index is 0.0117. The summed E-state index contributed by atoms with van der Waals surface area (Å²) < 4.78 is 7.49. The minimum Gasteiger partial charge on any atom is -0.380 e. The normalized spacial score (nSPS) is 19.2. The van der Waals surface area contributed by atoms with E-state index in [9.17, 15) is 0 Å². The Morgan fingerprint density at radius 3 is 2.78 bits per heavy atom. The molecule has 2 N–H and O–H groups in total. The van der Waals surface area contributed by atoms with Gasteiger partial charge in [-0.15, -0.1) is 0 Å². The molecule has 0 radical (unpaired) electrons. The van der Waals surface area contributed by atoms with Gasteiger partial charge in [0.05, 0.1) is 6.10 Å². The molecule has 102 valence electrons. The molecule has 2 rings (SSSR count). The lowest BCUT2D eigenvalue weighted by molar-refractivity contribution is 0.0618. The van der Waals surface area contributed by atoms with Gasteiger partial charge in [-0.25, -0.2) is 9.67 Å². The Hall–Kier alpha value is -0.940. The molecule has 1 aliphatic rings. The number of hydrogen-bond acceptors (Lipinski definition) is 4. The van der Waals surface area contributed by atoms with Crippen LogP contribution in [0.25, 0.3) is 0 Å². The van der Waals surface area contributed by atoms with Crippen molar-refractivity contribution in [3.05, 3.63) is 12.2 Å². The first kappa shape index (κ1) is 13.5. The van der Waals surface area contributed by atoms with Crippen molar-refractivity contribution in [1.29, 1.82) is 0 Å². The average Bonchev–Trinajstić information content (AvgIpc) is 3.04. The zero-order valence-corrected chi connectivity index (χ0v) is 11.5. The molecule has 1 aromatic rings. The molecule has 1 fully saturated rings. The summed E-state index contributed by atoms with van der Waals surface area (Å²) >= 11 is 0. The lowest BCUT2D eigenvalue weighted by Crippen LogP contribution is -2.40. The molecule has 5 nitrogen and oxygen atoms in total. The number of aromatic nitrogens is 3. The molecular formula is C13H24N4O. The summed E-state index contributed by atoms with van der Waals surface area (Å²) in [6.45, 7) is 5.24. The number of nitrogens with two attached hydrogens (primary N) is 1. The summed E-state index contributed by atoms with van der Waals surface area (Å²) in [5.41, 5.74) is 6.25. The Bertz CT molecular complexity index is 373. The van der Waals surface area contributed by atoms with E-state index < -0.39 is 0 Å². The Labute approximate surface area is 109 Å². The zero-order chi connectivity index (χ0) is 13.1. The number of nitrogens with zero attached hydrogens (tertiary/aromatic N) is 3. The summed E-state index contributed by atoms with van der Waals surface area (Å²) in [7, 11) is 1.75. The summed E-state index contributed by atoms with van der Waals surface area (Å²) in [6.07, 6.45) is 5.00. The number of hydrogen-bond donors (Lipinski definition) is 1. The van der Waals surface area contributed by atoms with Crippen molar-refractivity contribution in [1.82, 2.24) is 14.8 Å². The van der Waals surface area contributed by atoms with E-state index in [4.69, 9.17) is 10.5 Å². The number of ether oxygens (including phenoxy) is 1. The van der Waals surface area contributed by atoms with Crippen LogP contribution in [0.3, 0.4) is 0 Å². The molecule has 18 heavy (non-hydrogen) atoms. The van der Waals surface area contributed by atoms with Crippen molar-refractivity contribution >= 4 is 0 Å². The molecule has 1 aromatic heterocycles. The Kier molecular flexibility index (Phi) is 4.35. The van der Waals surface area contributed by atoms with Gasteiger partial charge in [-0.3, -0.25) is 0 Å². The van der Waals surface area contributed by atoms with Crippen molar-refractivity contribution < 1.29 is 4.74 Å². The van der Waals surface area contributed by atoms with Crippen molar-refractivity contribution in [2.75, 3.05) is 7.11 Å². The molecule has 2 unspecified atom stereocenters. The highest BCUT2D eigenvalue weighted by atomic mass is 16.5. The minimum absolute atomic E-state index is 0.0117. The molecule has 0 aliphatic heterocycles. The van der Waals surface area contributed by atoms with Gasteiger partial charge in [0.15, 0.2) is 0 Å². The van der Waals surface area contributed by atoms with Crippen LogP contribution in [-0.4, -0.2) is 34.0 Å². The van der Waals surface area contributed by atoms with Crippen LogP contribution in [0.2, 0.25) is 0 Å². The van der Waals surface area contributed by atoms with E-state index in [0.29, 0.717) is 11.8 Å². The first-order valence-corrected chi connectivity index (χ1v) is 6.77. The summed E-state index contributed by atoms with van der Waals surface area (Å²) in [4.78, 5) is 4.32. The molecule has 0 spiro atoms. The van der Waals surface area contributed by atoms with Crippen molar-refractivity contribution in [2.24, 2.45) is 17.6 Å². The monoisotopic (exact) mass is 252 g/mol. The number of methoxy groups -OCH3 is 1. The van der Waals surface area contributed by atoms with Crippen LogP contribution in [0.4, 0.5) is 0 Å². The first-order chi connectivity index (χ1) is 8.61. The zero-order valence-electron chi connectivity index (χ0n) is 11.5. The van der Waals surface area contributed by atoms with E-state index in [-0.39, 0.29) is 12.1 Å². The van der Waals surface area contributed by atoms with E-state index >= 15 is 0 Å². The second kappa shape index (κ2) is 5.80. The third-order valence-electron chi connectivity index (χ3n) is 3.43. The van der Waals surface area contributed by atoms with Crippen molar-refractivity contribution in [3.8, 4) is 0 Å². The maximum atomic E-state index is 6.25. The van der Waals surface area contributed by atoms with Gasteiger partial charge >= 0.3 is 0 Å².